The van der Waals surface area contributed by atoms with Crippen LogP contribution in [0.1, 0.15) is 21.2 Å². The van der Waals surface area contributed by atoms with E-state index in [9.17, 15) is 4.79 Å². The number of carbonyl (C=O) groups is 1. The summed E-state index contributed by atoms with van der Waals surface area (Å²) >= 11 is 1.78. The monoisotopic (exact) mass is 432 g/mol. The summed E-state index contributed by atoms with van der Waals surface area (Å²) in [5, 5.41) is 4.41. The molecule has 2 aromatic carbocycles. The van der Waals surface area contributed by atoms with Crippen LogP contribution in [-0.4, -0.2) is 41.9 Å². The summed E-state index contributed by atoms with van der Waals surface area (Å²) in [5.74, 6) is 1.76. The highest BCUT2D eigenvalue weighted by atomic mass is 32.1. The van der Waals surface area contributed by atoms with Crippen LogP contribution in [0.3, 0.4) is 0 Å². The third kappa shape index (κ3) is 4.65. The fourth-order valence-corrected chi connectivity index (χ4v) is 4.62. The predicted molar refractivity (Wildman–Crippen MR) is 122 cm³/mol. The SMILES string of the molecule is O=C(c1ccc(COc2ccc3ccccc3c2)o1)N1CCN(Cc2cccs2)CC1. The van der Waals surface area contributed by atoms with Gasteiger partial charge in [0.05, 0.1) is 0 Å². The van der Waals surface area contributed by atoms with Crippen LogP contribution < -0.4 is 4.74 Å². The molecule has 6 heteroatoms. The molecule has 0 atom stereocenters. The van der Waals surface area contributed by atoms with E-state index in [-0.39, 0.29) is 5.91 Å². The van der Waals surface area contributed by atoms with E-state index in [1.165, 1.54) is 10.3 Å². The van der Waals surface area contributed by atoms with E-state index in [4.69, 9.17) is 9.15 Å². The van der Waals surface area contributed by atoms with Gasteiger partial charge < -0.3 is 14.1 Å². The van der Waals surface area contributed by atoms with Gasteiger partial charge in [0.2, 0.25) is 0 Å². The fraction of sp³-hybridized carbons (Fsp3) is 0.240. The number of furan rings is 1. The van der Waals surface area contributed by atoms with Crippen molar-refractivity contribution in [3.05, 3.63) is 88.5 Å². The van der Waals surface area contributed by atoms with Gasteiger partial charge in [-0.05, 0) is 46.5 Å². The van der Waals surface area contributed by atoms with Gasteiger partial charge in [-0.3, -0.25) is 9.69 Å². The number of ether oxygens (including phenoxy) is 1. The van der Waals surface area contributed by atoms with Gasteiger partial charge in [-0.1, -0.05) is 36.4 Å². The Hall–Kier alpha value is -3.09. The summed E-state index contributed by atoms with van der Waals surface area (Å²) in [6.07, 6.45) is 0. The standard InChI is InChI=1S/C25H24N2O3S/c28-25(27-13-11-26(12-14-27)17-23-6-3-15-31-23)24-10-9-22(30-24)18-29-21-8-7-19-4-1-2-5-20(19)16-21/h1-10,15-16H,11-14,17-18H2. The van der Waals surface area contributed by atoms with E-state index in [2.05, 4.69) is 34.5 Å². The zero-order valence-corrected chi connectivity index (χ0v) is 18.0. The van der Waals surface area contributed by atoms with E-state index in [0.29, 0.717) is 31.2 Å². The van der Waals surface area contributed by atoms with Gasteiger partial charge in [0.25, 0.3) is 5.91 Å². The number of carbonyl (C=O) groups excluding carboxylic acids is 1. The van der Waals surface area contributed by atoms with E-state index in [1.807, 2.05) is 41.3 Å². The lowest BCUT2D eigenvalue weighted by Crippen LogP contribution is -2.48. The van der Waals surface area contributed by atoms with Crippen molar-refractivity contribution in [2.45, 2.75) is 13.2 Å². The van der Waals surface area contributed by atoms with Crippen molar-refractivity contribution >= 4 is 28.0 Å². The van der Waals surface area contributed by atoms with Gasteiger partial charge in [0.15, 0.2) is 5.76 Å². The molecule has 0 unspecified atom stereocenters. The third-order valence-electron chi connectivity index (χ3n) is 5.59. The predicted octanol–water partition coefficient (Wildman–Crippen LogP) is 5.03. The van der Waals surface area contributed by atoms with Crippen LogP contribution in [0, 0.1) is 0 Å². The Bertz CT molecular complexity index is 1160. The number of rotatable bonds is 6. The first kappa shape index (κ1) is 19.8. The average Bonchev–Trinajstić information content (AvgIpc) is 3.50. The lowest BCUT2D eigenvalue weighted by atomic mass is 10.1. The second-order valence-electron chi connectivity index (χ2n) is 7.71. The molecular weight excluding hydrogens is 408 g/mol. The van der Waals surface area contributed by atoms with Crippen LogP contribution in [-0.2, 0) is 13.2 Å². The van der Waals surface area contributed by atoms with Crippen LogP contribution >= 0.6 is 11.3 Å². The Labute approximate surface area is 185 Å². The molecule has 0 spiro atoms. The van der Waals surface area contributed by atoms with Crippen molar-refractivity contribution in [3.8, 4) is 5.75 Å². The van der Waals surface area contributed by atoms with E-state index in [1.54, 1.807) is 17.4 Å². The van der Waals surface area contributed by atoms with Crippen molar-refractivity contribution in [2.24, 2.45) is 0 Å². The summed E-state index contributed by atoms with van der Waals surface area (Å²) in [6, 6.07) is 22.0. The molecule has 0 N–H and O–H groups in total. The Kier molecular flexibility index (Phi) is 5.74. The number of piperazine rings is 1. The Balaban J connectivity index is 1.15. The van der Waals surface area contributed by atoms with Gasteiger partial charge in [-0.25, -0.2) is 0 Å². The molecule has 1 amide bonds. The molecular formula is C25H24N2O3S. The third-order valence-corrected chi connectivity index (χ3v) is 6.45. The lowest BCUT2D eigenvalue weighted by molar-refractivity contribution is 0.0595. The minimum absolute atomic E-state index is 0.0484. The zero-order chi connectivity index (χ0) is 21.0. The molecule has 158 valence electrons. The maximum Gasteiger partial charge on any atom is 0.289 e. The molecule has 1 aliphatic heterocycles. The summed E-state index contributed by atoms with van der Waals surface area (Å²) in [7, 11) is 0. The molecule has 2 aromatic heterocycles. The Morgan fingerprint density at radius 3 is 2.58 bits per heavy atom. The molecule has 1 aliphatic rings. The molecule has 0 saturated carbocycles. The highest BCUT2D eigenvalue weighted by molar-refractivity contribution is 7.09. The molecule has 0 bridgehead atoms. The molecule has 5 nitrogen and oxygen atoms in total. The van der Waals surface area contributed by atoms with Gasteiger partial charge in [-0.15, -0.1) is 11.3 Å². The number of hydrogen-bond donors (Lipinski definition) is 0. The Morgan fingerprint density at radius 2 is 1.77 bits per heavy atom. The molecule has 0 radical (unpaired) electrons. The molecule has 5 rings (SSSR count). The zero-order valence-electron chi connectivity index (χ0n) is 17.2. The van der Waals surface area contributed by atoms with Crippen molar-refractivity contribution in [2.75, 3.05) is 26.2 Å². The minimum atomic E-state index is -0.0484. The lowest BCUT2D eigenvalue weighted by Gasteiger charge is -2.34. The van der Waals surface area contributed by atoms with Gasteiger partial charge in [-0.2, -0.15) is 0 Å². The molecule has 0 aliphatic carbocycles. The minimum Gasteiger partial charge on any atom is -0.486 e. The maximum absolute atomic E-state index is 12.8. The second kappa shape index (κ2) is 8.96. The summed E-state index contributed by atoms with van der Waals surface area (Å²) in [5.41, 5.74) is 0. The van der Waals surface area contributed by atoms with E-state index >= 15 is 0 Å². The van der Waals surface area contributed by atoms with Gasteiger partial charge in [0.1, 0.15) is 18.1 Å². The topological polar surface area (TPSA) is 45.9 Å². The quantitative estimate of drug-likeness (QED) is 0.429. The molecule has 3 heterocycles. The molecule has 1 fully saturated rings. The summed E-state index contributed by atoms with van der Waals surface area (Å²) in [4.78, 5) is 18.5. The highest BCUT2D eigenvalue weighted by Gasteiger charge is 2.24. The fourth-order valence-electron chi connectivity index (χ4n) is 3.87. The maximum atomic E-state index is 12.8. The number of benzene rings is 2. The summed E-state index contributed by atoms with van der Waals surface area (Å²) in [6.45, 7) is 4.43. The van der Waals surface area contributed by atoms with Crippen LogP contribution in [0.4, 0.5) is 0 Å². The van der Waals surface area contributed by atoms with E-state index in [0.717, 1.165) is 30.8 Å². The largest absolute Gasteiger partial charge is 0.486 e. The summed E-state index contributed by atoms with van der Waals surface area (Å²) < 4.78 is 11.7. The smallest absolute Gasteiger partial charge is 0.289 e. The van der Waals surface area contributed by atoms with Crippen molar-refractivity contribution in [1.82, 2.24) is 9.80 Å². The highest BCUT2D eigenvalue weighted by Crippen LogP contribution is 2.22. The van der Waals surface area contributed by atoms with Crippen LogP contribution in [0.5, 0.6) is 5.75 Å². The van der Waals surface area contributed by atoms with Crippen molar-refractivity contribution in [3.63, 3.8) is 0 Å². The Morgan fingerprint density at radius 1 is 0.935 bits per heavy atom. The van der Waals surface area contributed by atoms with Gasteiger partial charge >= 0.3 is 0 Å². The molecule has 4 aromatic rings. The number of hydrogen-bond acceptors (Lipinski definition) is 5. The number of fused-ring (bicyclic) bond motifs is 1. The van der Waals surface area contributed by atoms with E-state index < -0.39 is 0 Å². The van der Waals surface area contributed by atoms with Crippen molar-refractivity contribution in [1.29, 1.82) is 0 Å². The number of amides is 1. The molecule has 31 heavy (non-hydrogen) atoms. The van der Waals surface area contributed by atoms with Crippen LogP contribution in [0.15, 0.2) is 76.5 Å². The van der Waals surface area contributed by atoms with Gasteiger partial charge in [0, 0.05) is 37.6 Å². The van der Waals surface area contributed by atoms with Crippen LogP contribution in [0.25, 0.3) is 10.8 Å². The number of thiophene rings is 1. The normalized spacial score (nSPS) is 14.8. The first-order chi connectivity index (χ1) is 15.2. The second-order valence-corrected chi connectivity index (χ2v) is 8.74. The molecule has 1 saturated heterocycles. The average molecular weight is 433 g/mol. The van der Waals surface area contributed by atoms with Crippen LogP contribution in [0.2, 0.25) is 0 Å². The first-order valence-electron chi connectivity index (χ1n) is 10.5. The van der Waals surface area contributed by atoms with Crippen molar-refractivity contribution < 1.29 is 13.9 Å². The first-order valence-corrected chi connectivity index (χ1v) is 11.4. The number of nitrogens with zero attached hydrogens (tertiary/aromatic N) is 2.